The van der Waals surface area contributed by atoms with Crippen LogP contribution in [0.4, 0.5) is 0 Å². The smallest absolute Gasteiger partial charge is 0.497 e. The zero-order chi connectivity index (χ0) is 25.4. The molecule has 0 radical (unpaired) electrons. The molecule has 0 aliphatic heterocycles. The first-order chi connectivity index (χ1) is 15.8. The summed E-state index contributed by atoms with van der Waals surface area (Å²) < 4.78 is 12.5. The van der Waals surface area contributed by atoms with Gasteiger partial charge in [0.15, 0.2) is 18.3 Å². The SMILES string of the molecule is COc1ccc(/C=N/N(C)[P+](=S)Oc2ccc(CCN(C[P+](O)(O)O)C[P+](O)(O)O)cc2)cc1. The summed E-state index contributed by atoms with van der Waals surface area (Å²) >= 11 is 5.41. The summed E-state index contributed by atoms with van der Waals surface area (Å²) in [7, 11) is -6.50. The maximum Gasteiger partial charge on any atom is 0.540 e. The Balaban J connectivity index is 1.90. The number of nitrogens with zero attached hydrogens (tertiary/aromatic N) is 3. The first kappa shape index (κ1) is 28.8. The van der Waals surface area contributed by atoms with Crippen LogP contribution in [0, 0.1) is 0 Å². The van der Waals surface area contributed by atoms with Crippen LogP contribution in [-0.4, -0.2) is 78.5 Å². The van der Waals surface area contributed by atoms with E-state index >= 15 is 0 Å². The molecule has 11 nitrogen and oxygen atoms in total. The predicted octanol–water partition coefficient (Wildman–Crippen LogP) is 2.05. The molecule has 34 heavy (non-hydrogen) atoms. The van der Waals surface area contributed by atoms with Gasteiger partial charge in [-0.2, -0.15) is 29.4 Å². The van der Waals surface area contributed by atoms with E-state index in [0.717, 1.165) is 16.9 Å². The van der Waals surface area contributed by atoms with Gasteiger partial charge < -0.3 is 4.74 Å². The van der Waals surface area contributed by atoms with Gasteiger partial charge in [-0.05, 0) is 53.9 Å². The summed E-state index contributed by atoms with van der Waals surface area (Å²) in [4.78, 5) is 56.8. The number of methoxy groups -OCH3 is 1. The Hall–Kier alpha value is -1.39. The van der Waals surface area contributed by atoms with E-state index in [2.05, 4.69) is 5.10 Å². The Morgan fingerprint density at radius 1 is 0.912 bits per heavy atom. The van der Waals surface area contributed by atoms with Gasteiger partial charge in [-0.3, -0.25) is 4.52 Å². The summed E-state index contributed by atoms with van der Waals surface area (Å²) in [5.74, 6) is 1.30. The molecular weight excluding hydrogens is 523 g/mol. The van der Waals surface area contributed by atoms with E-state index in [9.17, 15) is 29.4 Å². The van der Waals surface area contributed by atoms with Crippen molar-refractivity contribution < 1.29 is 38.6 Å². The molecule has 186 valence electrons. The maximum atomic E-state index is 9.28. The minimum absolute atomic E-state index is 0.142. The van der Waals surface area contributed by atoms with Gasteiger partial charge >= 0.3 is 23.0 Å². The van der Waals surface area contributed by atoms with E-state index in [4.69, 9.17) is 21.1 Å². The minimum atomic E-state index is -4.18. The molecule has 0 amide bonds. The van der Waals surface area contributed by atoms with E-state index in [1.165, 1.54) is 4.90 Å². The van der Waals surface area contributed by atoms with Crippen molar-refractivity contribution in [1.82, 2.24) is 9.68 Å². The fourth-order valence-corrected chi connectivity index (χ4v) is 5.41. The van der Waals surface area contributed by atoms with E-state index in [0.29, 0.717) is 12.2 Å². The molecule has 15 heteroatoms. The molecule has 0 saturated heterocycles. The fraction of sp³-hybridized carbons (Fsp3) is 0.316. The minimum Gasteiger partial charge on any atom is -0.497 e. The lowest BCUT2D eigenvalue weighted by Crippen LogP contribution is -2.30. The van der Waals surface area contributed by atoms with Crippen LogP contribution < -0.4 is 9.26 Å². The van der Waals surface area contributed by atoms with E-state index in [-0.39, 0.29) is 6.54 Å². The highest BCUT2D eigenvalue weighted by molar-refractivity contribution is 8.02. The summed E-state index contributed by atoms with van der Waals surface area (Å²) in [6.45, 7) is 0.142. The monoisotopic (exact) mass is 552 g/mol. The Kier molecular flexibility index (Phi) is 11.1. The molecular formula is C19H29N3O8P3S+3. The highest BCUT2D eigenvalue weighted by atomic mass is 32.4. The molecule has 1 atom stereocenters. The standard InChI is InChI=1S/C19H29N3O8P3S/c1-21(20-13-17-5-7-18(29-2)8-6-17)31(34)30-19-9-3-16(4-10-19)11-12-22(14-32(23,24)25)15-33(26,27)28/h3-10,13,23-28H,11-12,14-15H2,1-2H3/q+3/b20-13+. The number of ether oxygens (including phenoxy) is 1. The summed E-state index contributed by atoms with van der Waals surface area (Å²) in [5, 5.41) is 4.32. The Morgan fingerprint density at radius 2 is 1.44 bits per heavy atom. The number of hydrazone groups is 1. The van der Waals surface area contributed by atoms with Crippen molar-refractivity contribution in [2.45, 2.75) is 6.42 Å². The van der Waals surface area contributed by atoms with Crippen LogP contribution in [0.15, 0.2) is 53.6 Å². The van der Waals surface area contributed by atoms with Crippen LogP contribution in [-0.2, 0) is 18.2 Å². The maximum absolute atomic E-state index is 9.28. The second-order valence-corrected chi connectivity index (χ2v) is 12.8. The number of rotatable bonds is 13. The van der Waals surface area contributed by atoms with E-state index in [1.807, 2.05) is 24.3 Å². The van der Waals surface area contributed by atoms with Crippen molar-refractivity contribution in [3.63, 3.8) is 0 Å². The number of benzene rings is 2. The average molecular weight is 552 g/mol. The fourth-order valence-electron chi connectivity index (χ4n) is 2.76. The van der Waals surface area contributed by atoms with Gasteiger partial charge in [0.25, 0.3) is 0 Å². The van der Waals surface area contributed by atoms with Crippen molar-refractivity contribution in [2.24, 2.45) is 5.10 Å². The normalized spacial score (nSPS) is 12.8. The Labute approximate surface area is 205 Å². The molecule has 0 aliphatic rings. The first-order valence-electron chi connectivity index (χ1n) is 9.85. The zero-order valence-electron chi connectivity index (χ0n) is 18.6. The topological polar surface area (TPSA) is 159 Å². The van der Waals surface area contributed by atoms with Gasteiger partial charge in [0, 0.05) is 6.54 Å². The van der Waals surface area contributed by atoms with Gasteiger partial charge in [0.1, 0.15) is 5.75 Å². The van der Waals surface area contributed by atoms with Crippen molar-refractivity contribution in [3.8, 4) is 11.5 Å². The largest absolute Gasteiger partial charge is 0.540 e. The third kappa shape index (κ3) is 11.4. The average Bonchev–Trinajstić information content (AvgIpc) is 2.75. The lowest BCUT2D eigenvalue weighted by Gasteiger charge is -2.20. The molecule has 0 aromatic heterocycles. The first-order valence-corrected chi connectivity index (χ1v) is 15.7. The molecule has 2 aromatic carbocycles. The Morgan fingerprint density at radius 3 is 1.94 bits per heavy atom. The summed E-state index contributed by atoms with van der Waals surface area (Å²) in [5.41, 5.74) is 1.72. The second kappa shape index (κ2) is 13.1. The number of hydrogen-bond acceptors (Lipinski definition) is 11. The van der Waals surface area contributed by atoms with Crippen LogP contribution in [0.3, 0.4) is 0 Å². The number of hydrogen-bond donors (Lipinski definition) is 6. The van der Waals surface area contributed by atoms with Crippen LogP contribution in [0.2, 0.25) is 0 Å². The van der Waals surface area contributed by atoms with Crippen LogP contribution in [0.25, 0.3) is 0 Å². The van der Waals surface area contributed by atoms with Gasteiger partial charge in [-0.1, -0.05) is 16.9 Å². The molecule has 0 spiro atoms. The molecule has 0 saturated carbocycles. The van der Waals surface area contributed by atoms with Crippen molar-refractivity contribution in [2.75, 3.05) is 33.3 Å². The van der Waals surface area contributed by atoms with Gasteiger partial charge in [0.05, 0.1) is 20.4 Å². The molecule has 6 N–H and O–H groups in total. The van der Waals surface area contributed by atoms with E-state index < -0.39 is 35.5 Å². The molecule has 0 fully saturated rings. The highest BCUT2D eigenvalue weighted by Crippen LogP contribution is 2.49. The highest BCUT2D eigenvalue weighted by Gasteiger charge is 2.40. The van der Waals surface area contributed by atoms with Crippen LogP contribution in [0.1, 0.15) is 11.1 Å². The van der Waals surface area contributed by atoms with Crippen molar-refractivity contribution in [1.29, 1.82) is 0 Å². The molecule has 2 aromatic rings. The predicted molar refractivity (Wildman–Crippen MR) is 137 cm³/mol. The quantitative estimate of drug-likeness (QED) is 0.123. The lowest BCUT2D eigenvalue weighted by atomic mass is 10.1. The summed E-state index contributed by atoms with van der Waals surface area (Å²) in [6, 6.07) is 14.4. The van der Waals surface area contributed by atoms with Gasteiger partial charge in [-0.15, -0.1) is 5.10 Å². The second-order valence-electron chi connectivity index (χ2n) is 7.29. The third-order valence-corrected chi connectivity index (χ3v) is 7.76. The van der Waals surface area contributed by atoms with E-state index in [1.54, 1.807) is 49.4 Å². The molecule has 0 aliphatic carbocycles. The van der Waals surface area contributed by atoms with Crippen LogP contribution in [0.5, 0.6) is 11.5 Å². The molecule has 2 rings (SSSR count). The third-order valence-electron chi connectivity index (χ3n) is 4.33. The van der Waals surface area contributed by atoms with Crippen molar-refractivity contribution in [3.05, 3.63) is 59.7 Å². The van der Waals surface area contributed by atoms with Gasteiger partial charge in [-0.25, -0.2) is 4.90 Å². The van der Waals surface area contributed by atoms with Crippen molar-refractivity contribution >= 4 is 41.0 Å². The zero-order valence-corrected chi connectivity index (χ0v) is 22.1. The molecule has 0 bridgehead atoms. The molecule has 1 unspecified atom stereocenters. The van der Waals surface area contributed by atoms with Gasteiger partial charge in [0.2, 0.25) is 11.8 Å². The lowest BCUT2D eigenvalue weighted by molar-refractivity contribution is 0.248. The summed E-state index contributed by atoms with van der Waals surface area (Å²) in [6.07, 6.45) is 0.890. The van der Waals surface area contributed by atoms with Crippen LogP contribution >= 0.6 is 23.0 Å². The molecule has 0 heterocycles. The Bertz CT molecular complexity index is 937.